The maximum atomic E-state index is 13.1. The number of methoxy groups -OCH3 is 1. The third kappa shape index (κ3) is 4.10. The number of aromatic amines is 1. The van der Waals surface area contributed by atoms with Crippen molar-refractivity contribution in [3.8, 4) is 11.4 Å². The molecule has 0 radical (unpaired) electrons. The lowest BCUT2D eigenvalue weighted by molar-refractivity contribution is 0.102. The molecule has 0 aliphatic carbocycles. The van der Waals surface area contributed by atoms with Gasteiger partial charge in [-0.3, -0.25) is 14.2 Å². The number of anilines is 1. The molecule has 2 N–H and O–H groups in total. The quantitative estimate of drug-likeness (QED) is 0.414. The van der Waals surface area contributed by atoms with Crippen molar-refractivity contribution < 1.29 is 9.53 Å². The molecule has 0 spiro atoms. The number of halogens is 1. The second-order valence-corrected chi connectivity index (χ2v) is 7.74. The van der Waals surface area contributed by atoms with Crippen molar-refractivity contribution in [1.82, 2.24) is 9.55 Å². The fourth-order valence-corrected chi connectivity index (χ4v) is 3.68. The fraction of sp³-hybridized carbons (Fsp3) is 0.0870. The van der Waals surface area contributed by atoms with Crippen molar-refractivity contribution in [2.75, 3.05) is 12.4 Å². The summed E-state index contributed by atoms with van der Waals surface area (Å²) in [5.41, 5.74) is 2.72. The van der Waals surface area contributed by atoms with E-state index >= 15 is 0 Å². The van der Waals surface area contributed by atoms with E-state index in [-0.39, 0.29) is 16.2 Å². The molecule has 0 bridgehead atoms. The lowest BCUT2D eigenvalue weighted by Gasteiger charge is -2.10. The van der Waals surface area contributed by atoms with Gasteiger partial charge in [-0.2, -0.15) is 0 Å². The molecule has 0 saturated carbocycles. The van der Waals surface area contributed by atoms with E-state index < -0.39 is 0 Å². The first kappa shape index (κ1) is 20.8. The Balaban J connectivity index is 1.71. The number of carbonyl (C=O) groups excluding carboxylic acids is 1. The largest absolute Gasteiger partial charge is 0.497 e. The summed E-state index contributed by atoms with van der Waals surface area (Å²) in [6.45, 7) is 1.89. The van der Waals surface area contributed by atoms with Crippen LogP contribution in [-0.2, 0) is 0 Å². The highest BCUT2D eigenvalue weighted by Crippen LogP contribution is 2.21. The summed E-state index contributed by atoms with van der Waals surface area (Å²) in [4.78, 5) is 28.8. The zero-order valence-electron chi connectivity index (χ0n) is 16.7. The van der Waals surface area contributed by atoms with Crippen LogP contribution in [0.4, 0.5) is 5.69 Å². The van der Waals surface area contributed by atoms with E-state index in [0.29, 0.717) is 38.6 Å². The molecule has 1 amide bonds. The molecule has 1 heterocycles. The number of carbonyl (C=O) groups is 1. The van der Waals surface area contributed by atoms with Gasteiger partial charge in [0.2, 0.25) is 0 Å². The summed E-state index contributed by atoms with van der Waals surface area (Å²) in [5.74, 6) is 0.360. The van der Waals surface area contributed by atoms with Gasteiger partial charge in [-0.1, -0.05) is 17.7 Å². The normalized spacial score (nSPS) is 10.8. The van der Waals surface area contributed by atoms with Crippen LogP contribution in [0.1, 0.15) is 15.9 Å². The van der Waals surface area contributed by atoms with E-state index in [0.717, 1.165) is 5.56 Å². The number of amides is 1. The maximum Gasteiger partial charge on any atom is 0.266 e. The minimum absolute atomic E-state index is 0.227. The second kappa shape index (κ2) is 8.37. The van der Waals surface area contributed by atoms with Gasteiger partial charge in [0.05, 0.1) is 23.7 Å². The number of benzene rings is 3. The number of nitrogens with one attached hydrogen (secondary N) is 2. The molecular formula is C23H18ClN3O3S. The van der Waals surface area contributed by atoms with Gasteiger partial charge in [0.15, 0.2) is 4.77 Å². The molecule has 31 heavy (non-hydrogen) atoms. The molecule has 1 aromatic heterocycles. The average molecular weight is 452 g/mol. The van der Waals surface area contributed by atoms with Crippen LogP contribution in [-0.4, -0.2) is 22.6 Å². The summed E-state index contributed by atoms with van der Waals surface area (Å²) < 4.78 is 6.80. The maximum absolute atomic E-state index is 13.1. The lowest BCUT2D eigenvalue weighted by atomic mass is 10.1. The average Bonchev–Trinajstić information content (AvgIpc) is 2.76. The highest BCUT2D eigenvalue weighted by Gasteiger charge is 2.12. The number of hydrogen-bond donors (Lipinski definition) is 2. The molecule has 8 heteroatoms. The molecule has 0 aliphatic heterocycles. The Morgan fingerprint density at radius 1 is 1.10 bits per heavy atom. The highest BCUT2D eigenvalue weighted by atomic mass is 35.5. The van der Waals surface area contributed by atoms with Gasteiger partial charge in [-0.05, 0) is 79.3 Å². The first-order valence-electron chi connectivity index (χ1n) is 9.38. The molecule has 0 aliphatic rings. The van der Waals surface area contributed by atoms with Crippen LogP contribution < -0.4 is 15.6 Å². The molecule has 0 fully saturated rings. The lowest BCUT2D eigenvalue weighted by Crippen LogP contribution is -2.21. The number of fused-ring (bicyclic) bond motifs is 1. The van der Waals surface area contributed by atoms with E-state index in [1.54, 1.807) is 61.7 Å². The zero-order chi connectivity index (χ0) is 22.1. The standard InChI is InChI=1S/C23H18ClN3O3S/c1-13-3-5-15(12-19(13)24)25-21(28)14-4-10-18-20(11-14)26-23(31)27(22(18)29)16-6-8-17(30-2)9-7-16/h3-12H,1-2H3,(H,25,28)(H,26,31). The number of hydrogen-bond acceptors (Lipinski definition) is 4. The molecular weight excluding hydrogens is 434 g/mol. The summed E-state index contributed by atoms with van der Waals surface area (Å²) in [6, 6.07) is 17.1. The van der Waals surface area contributed by atoms with Gasteiger partial charge in [0.25, 0.3) is 11.5 Å². The number of ether oxygens (including phenoxy) is 1. The number of rotatable bonds is 4. The molecule has 6 nitrogen and oxygen atoms in total. The Kier molecular flexibility index (Phi) is 5.63. The first-order chi connectivity index (χ1) is 14.9. The number of aromatic nitrogens is 2. The van der Waals surface area contributed by atoms with Crippen LogP contribution in [0.3, 0.4) is 0 Å². The minimum atomic E-state index is -0.319. The number of H-pyrrole nitrogens is 1. The van der Waals surface area contributed by atoms with Crippen LogP contribution in [0.15, 0.2) is 65.5 Å². The van der Waals surface area contributed by atoms with Crippen molar-refractivity contribution in [3.63, 3.8) is 0 Å². The number of nitrogens with zero attached hydrogens (tertiary/aromatic N) is 1. The van der Waals surface area contributed by atoms with Crippen molar-refractivity contribution in [2.24, 2.45) is 0 Å². The van der Waals surface area contributed by atoms with Gasteiger partial charge in [-0.15, -0.1) is 0 Å². The van der Waals surface area contributed by atoms with Crippen LogP contribution in [0.2, 0.25) is 5.02 Å². The van der Waals surface area contributed by atoms with Gasteiger partial charge in [0.1, 0.15) is 5.75 Å². The summed E-state index contributed by atoms with van der Waals surface area (Å²) in [6.07, 6.45) is 0. The van der Waals surface area contributed by atoms with Crippen molar-refractivity contribution in [1.29, 1.82) is 0 Å². The fourth-order valence-electron chi connectivity index (χ4n) is 3.20. The van der Waals surface area contributed by atoms with Crippen molar-refractivity contribution in [2.45, 2.75) is 6.92 Å². The Labute approximate surface area is 188 Å². The molecule has 3 aromatic carbocycles. The molecule has 0 unspecified atom stereocenters. The van der Waals surface area contributed by atoms with E-state index in [1.165, 1.54) is 4.57 Å². The number of aryl methyl sites for hydroxylation is 1. The van der Waals surface area contributed by atoms with Crippen LogP contribution in [0.25, 0.3) is 16.6 Å². The Morgan fingerprint density at radius 3 is 2.52 bits per heavy atom. The zero-order valence-corrected chi connectivity index (χ0v) is 18.3. The summed E-state index contributed by atoms with van der Waals surface area (Å²) in [5, 5.41) is 3.79. The Morgan fingerprint density at radius 2 is 1.84 bits per heavy atom. The van der Waals surface area contributed by atoms with E-state index in [1.807, 2.05) is 13.0 Å². The molecule has 4 aromatic rings. The highest BCUT2D eigenvalue weighted by molar-refractivity contribution is 7.71. The third-order valence-electron chi connectivity index (χ3n) is 4.92. The van der Waals surface area contributed by atoms with Crippen molar-refractivity contribution in [3.05, 3.63) is 91.9 Å². The third-order valence-corrected chi connectivity index (χ3v) is 5.61. The van der Waals surface area contributed by atoms with Gasteiger partial charge >= 0.3 is 0 Å². The first-order valence-corrected chi connectivity index (χ1v) is 10.2. The van der Waals surface area contributed by atoms with Crippen LogP contribution in [0.5, 0.6) is 5.75 Å². The van der Waals surface area contributed by atoms with Crippen LogP contribution in [0, 0.1) is 11.7 Å². The molecule has 0 atom stereocenters. The molecule has 156 valence electrons. The van der Waals surface area contributed by atoms with Gasteiger partial charge in [0, 0.05) is 16.3 Å². The minimum Gasteiger partial charge on any atom is -0.497 e. The SMILES string of the molecule is COc1ccc(-n2c(=S)[nH]c3cc(C(=O)Nc4ccc(C)c(Cl)c4)ccc3c2=O)cc1. The van der Waals surface area contributed by atoms with Gasteiger partial charge < -0.3 is 15.0 Å². The predicted octanol–water partition coefficient (Wildman–Crippen LogP) is 5.27. The van der Waals surface area contributed by atoms with E-state index in [4.69, 9.17) is 28.6 Å². The molecule has 0 saturated heterocycles. The van der Waals surface area contributed by atoms with E-state index in [2.05, 4.69) is 10.3 Å². The topological polar surface area (TPSA) is 76.1 Å². The van der Waals surface area contributed by atoms with Crippen LogP contribution >= 0.6 is 23.8 Å². The monoisotopic (exact) mass is 451 g/mol. The Bertz CT molecular complexity index is 1430. The van der Waals surface area contributed by atoms with Crippen molar-refractivity contribution >= 4 is 46.3 Å². The summed E-state index contributed by atoms with van der Waals surface area (Å²) >= 11 is 11.5. The predicted molar refractivity (Wildman–Crippen MR) is 125 cm³/mol. The van der Waals surface area contributed by atoms with E-state index in [9.17, 15) is 9.59 Å². The second-order valence-electron chi connectivity index (χ2n) is 6.95. The smallest absolute Gasteiger partial charge is 0.266 e. The summed E-state index contributed by atoms with van der Waals surface area (Å²) in [7, 11) is 1.57. The Hall–Kier alpha value is -3.42. The molecule has 4 rings (SSSR count). The van der Waals surface area contributed by atoms with Gasteiger partial charge in [-0.25, -0.2) is 0 Å².